The van der Waals surface area contributed by atoms with Crippen molar-refractivity contribution < 1.29 is 32.5 Å². The van der Waals surface area contributed by atoms with Crippen molar-refractivity contribution in [3.8, 4) is 17.1 Å². The Hall–Kier alpha value is -3.83. The number of carbonyl (C=O) groups excluding carboxylic acids is 1. The number of primary amides is 1. The van der Waals surface area contributed by atoms with E-state index in [2.05, 4.69) is 25.1 Å². The van der Waals surface area contributed by atoms with E-state index in [-0.39, 0.29) is 62.3 Å². The first kappa shape index (κ1) is 27.7. The van der Waals surface area contributed by atoms with Crippen LogP contribution in [0.15, 0.2) is 24.4 Å². The van der Waals surface area contributed by atoms with Crippen molar-refractivity contribution in [2.45, 2.75) is 25.7 Å². The lowest BCUT2D eigenvalue weighted by atomic mass is 9.93. The number of hydrogen-bond acceptors (Lipinski definition) is 9. The molecule has 1 aliphatic carbocycles. The molecule has 0 unspecified atom stereocenters. The average molecular weight is 565 g/mol. The van der Waals surface area contributed by atoms with Crippen LogP contribution in [0.3, 0.4) is 0 Å². The number of nitrogens with zero attached hydrogens (tertiary/aromatic N) is 6. The first-order valence-electron chi connectivity index (χ1n) is 12.5. The SMILES string of the molecule is C[N+]1([O-])CC[N+]([O-])(c2ccc(OC(F)(F)F)c(Nc3ncc4c(n3)-c3c(c(C(N)=O)nn3CCO)CC4)c2)CC1. The number of nitrogens with one attached hydrogen (secondary N) is 1. The van der Waals surface area contributed by atoms with Crippen LogP contribution in [0.2, 0.25) is 0 Å². The fourth-order valence-electron chi connectivity index (χ4n) is 5.00. The summed E-state index contributed by atoms with van der Waals surface area (Å²) in [6.07, 6.45) is -2.62. The summed E-state index contributed by atoms with van der Waals surface area (Å²) in [6, 6.07) is 3.53. The molecule has 2 aromatic heterocycles. The number of likely N-dealkylation sites (N-methyl/N-ethyl adjacent to an activating group) is 1. The number of aromatic nitrogens is 4. The highest BCUT2D eigenvalue weighted by atomic mass is 19.4. The van der Waals surface area contributed by atoms with Gasteiger partial charge in [0.05, 0.1) is 37.3 Å². The number of piperazine rings is 1. The Morgan fingerprint density at radius 2 is 1.95 bits per heavy atom. The molecule has 4 N–H and O–H groups in total. The van der Waals surface area contributed by atoms with Gasteiger partial charge in [-0.25, -0.2) is 9.97 Å². The number of amides is 1. The normalized spacial score (nSPS) is 22.4. The van der Waals surface area contributed by atoms with Crippen molar-refractivity contribution in [1.82, 2.24) is 24.4 Å². The number of quaternary nitrogens is 2. The Balaban J connectivity index is 1.54. The number of fused-ring (bicyclic) bond motifs is 3. The van der Waals surface area contributed by atoms with Crippen molar-refractivity contribution >= 4 is 23.2 Å². The fourth-order valence-corrected chi connectivity index (χ4v) is 5.00. The minimum atomic E-state index is -5.01. The van der Waals surface area contributed by atoms with Gasteiger partial charge in [0.15, 0.2) is 11.4 Å². The molecule has 0 radical (unpaired) electrons. The van der Waals surface area contributed by atoms with E-state index in [0.717, 1.165) is 6.07 Å². The Kier molecular flexibility index (Phi) is 6.91. The lowest BCUT2D eigenvalue weighted by Gasteiger charge is -2.52. The van der Waals surface area contributed by atoms with E-state index in [1.165, 1.54) is 30.1 Å². The third-order valence-corrected chi connectivity index (χ3v) is 7.10. The van der Waals surface area contributed by atoms with Crippen LogP contribution >= 0.6 is 0 Å². The molecule has 0 spiro atoms. The van der Waals surface area contributed by atoms with Crippen LogP contribution in [0.1, 0.15) is 21.6 Å². The first-order chi connectivity index (χ1) is 18.8. The van der Waals surface area contributed by atoms with Gasteiger partial charge in [0.2, 0.25) is 5.95 Å². The highest BCUT2D eigenvalue weighted by Crippen LogP contribution is 2.39. The third-order valence-electron chi connectivity index (χ3n) is 7.10. The minimum absolute atomic E-state index is 0.0475. The number of nitrogens with two attached hydrogens (primary N) is 1. The maximum Gasteiger partial charge on any atom is 0.573 e. The summed E-state index contributed by atoms with van der Waals surface area (Å²) in [7, 11) is 1.47. The summed E-state index contributed by atoms with van der Waals surface area (Å²) in [5.41, 5.74) is 7.56. The zero-order chi connectivity index (χ0) is 28.9. The number of alkyl halides is 3. The number of anilines is 2. The Morgan fingerprint density at radius 1 is 1.23 bits per heavy atom. The number of benzene rings is 1. The van der Waals surface area contributed by atoms with E-state index in [0.29, 0.717) is 35.4 Å². The van der Waals surface area contributed by atoms with E-state index < -0.39 is 27.3 Å². The highest BCUT2D eigenvalue weighted by molar-refractivity contribution is 5.94. The molecule has 0 atom stereocenters. The second-order valence-electron chi connectivity index (χ2n) is 9.99. The number of aliphatic hydroxyl groups excluding tert-OH is 1. The molecule has 0 bridgehead atoms. The number of halogens is 3. The minimum Gasteiger partial charge on any atom is -0.633 e. The van der Waals surface area contributed by atoms with Crippen LogP contribution in [-0.2, 0) is 19.4 Å². The summed E-state index contributed by atoms with van der Waals surface area (Å²) in [4.78, 5) is 20.7. The van der Waals surface area contributed by atoms with Crippen molar-refractivity contribution in [1.29, 1.82) is 0 Å². The van der Waals surface area contributed by atoms with E-state index in [4.69, 9.17) is 5.73 Å². The average Bonchev–Trinajstić information content (AvgIpc) is 3.26. The molecule has 3 aromatic rings. The second-order valence-corrected chi connectivity index (χ2v) is 9.99. The van der Waals surface area contributed by atoms with Gasteiger partial charge in [-0.1, -0.05) is 0 Å². The summed E-state index contributed by atoms with van der Waals surface area (Å²) < 4.78 is 43.7. The predicted octanol–water partition coefficient (Wildman–Crippen LogP) is 1.94. The molecule has 1 aliphatic heterocycles. The molecule has 3 heterocycles. The molecule has 13 nitrogen and oxygen atoms in total. The van der Waals surface area contributed by atoms with Gasteiger partial charge in [-0.3, -0.25) is 9.48 Å². The van der Waals surface area contributed by atoms with E-state index in [9.17, 15) is 33.5 Å². The van der Waals surface area contributed by atoms with Crippen molar-refractivity contribution in [2.75, 3.05) is 45.2 Å². The molecule has 2 aliphatic rings. The van der Waals surface area contributed by atoms with Gasteiger partial charge in [0.25, 0.3) is 5.91 Å². The van der Waals surface area contributed by atoms with E-state index in [1.54, 1.807) is 0 Å². The monoisotopic (exact) mass is 564 g/mol. The number of aliphatic hydroxyl groups is 1. The summed E-state index contributed by atoms with van der Waals surface area (Å²) >= 11 is 0. The molecule has 1 amide bonds. The zero-order valence-corrected chi connectivity index (χ0v) is 21.4. The maximum absolute atomic E-state index is 13.5. The lowest BCUT2D eigenvalue weighted by Crippen LogP contribution is -2.61. The molecular formula is C24H27F3N8O5. The zero-order valence-electron chi connectivity index (χ0n) is 21.4. The Labute approximate surface area is 225 Å². The summed E-state index contributed by atoms with van der Waals surface area (Å²) in [5.74, 6) is -1.45. The molecule has 5 rings (SSSR count). The molecule has 40 heavy (non-hydrogen) atoms. The Morgan fingerprint density at radius 3 is 2.60 bits per heavy atom. The number of hydrogen-bond donors (Lipinski definition) is 3. The molecular weight excluding hydrogens is 537 g/mol. The number of hydroxylamine groups is 5. The second kappa shape index (κ2) is 9.97. The summed E-state index contributed by atoms with van der Waals surface area (Å²) in [6.45, 7) is -0.209. The molecule has 16 heteroatoms. The predicted molar refractivity (Wildman–Crippen MR) is 137 cm³/mol. The molecule has 1 aromatic carbocycles. The maximum atomic E-state index is 13.5. The number of carbonyl (C=O) groups is 1. The van der Waals surface area contributed by atoms with Crippen molar-refractivity contribution in [3.63, 3.8) is 0 Å². The van der Waals surface area contributed by atoms with Crippen molar-refractivity contribution in [3.05, 3.63) is 51.6 Å². The third kappa shape index (κ3) is 5.44. The van der Waals surface area contributed by atoms with Crippen LogP contribution in [0, 0.1) is 10.4 Å². The van der Waals surface area contributed by atoms with Gasteiger partial charge in [-0.2, -0.15) is 5.10 Å². The topological polar surface area (TPSA) is 174 Å². The van der Waals surface area contributed by atoms with Gasteiger partial charge in [0.1, 0.15) is 31.9 Å². The molecule has 214 valence electrons. The quantitative estimate of drug-likeness (QED) is 0.286. The van der Waals surface area contributed by atoms with Crippen LogP contribution in [0.25, 0.3) is 11.4 Å². The van der Waals surface area contributed by atoms with E-state index in [1.807, 2.05) is 0 Å². The van der Waals surface area contributed by atoms with Crippen LogP contribution in [-0.4, -0.2) is 81.6 Å². The summed E-state index contributed by atoms with van der Waals surface area (Å²) in [5, 5.41) is 42.2. The van der Waals surface area contributed by atoms with Crippen LogP contribution < -0.4 is 20.4 Å². The molecule has 1 saturated heterocycles. The first-order valence-corrected chi connectivity index (χ1v) is 12.5. The lowest BCUT2D eigenvalue weighted by molar-refractivity contribution is -0.864. The highest BCUT2D eigenvalue weighted by Gasteiger charge is 2.35. The molecule has 0 saturated carbocycles. The van der Waals surface area contributed by atoms with Gasteiger partial charge < -0.3 is 40.6 Å². The fraction of sp³-hybridized carbons (Fsp3) is 0.417. The van der Waals surface area contributed by atoms with Crippen molar-refractivity contribution in [2.24, 2.45) is 5.73 Å². The number of aryl methyl sites for hydroxylation is 1. The smallest absolute Gasteiger partial charge is 0.573 e. The largest absolute Gasteiger partial charge is 0.633 e. The number of rotatable bonds is 7. The standard InChI is InChI=1S/C24H27F3N8O5/c1-34(38)7-9-35(39,10-8-34)15-3-5-18(40-24(25,26)27)17(12-15)30-23-29-13-14-2-4-16-20(22(28)37)32-33(6-11-36)21(16)19(14)31-23/h3,5,12-13,36H,2,4,6-11H2,1H3,(H2,28,37)(H,29,30,31). The number of ether oxygens (including phenoxy) is 1. The van der Waals surface area contributed by atoms with Gasteiger partial charge in [-0.05, 0) is 24.5 Å². The van der Waals surface area contributed by atoms with Gasteiger partial charge >= 0.3 is 6.36 Å². The van der Waals surface area contributed by atoms with Gasteiger partial charge in [0, 0.05) is 23.9 Å². The van der Waals surface area contributed by atoms with Crippen LogP contribution in [0.5, 0.6) is 5.75 Å². The Bertz CT molecular complexity index is 1450. The van der Waals surface area contributed by atoms with Gasteiger partial charge in [-0.15, -0.1) is 13.2 Å². The van der Waals surface area contributed by atoms with Crippen LogP contribution in [0.4, 0.5) is 30.5 Å². The van der Waals surface area contributed by atoms with E-state index >= 15 is 0 Å². The molecule has 1 fully saturated rings.